The highest BCUT2D eigenvalue weighted by Gasteiger charge is 2.12. The zero-order valence-corrected chi connectivity index (χ0v) is 14.6. The van der Waals surface area contributed by atoms with Gasteiger partial charge in [0, 0.05) is 23.9 Å². The van der Waals surface area contributed by atoms with Crippen molar-refractivity contribution in [3.05, 3.63) is 46.4 Å². The molecule has 0 aliphatic heterocycles. The first-order valence-electron chi connectivity index (χ1n) is 7.52. The van der Waals surface area contributed by atoms with E-state index in [4.69, 9.17) is 11.6 Å². The standard InChI is InChI=1S/C17H21ClN4O/c1-11(2)10-22-17(18)14(13(4)21-22)8-9-16(23)20-15-7-5-6-12(3)19-15/h5-9,11H,10H2,1-4H3,(H,19,20,23)/b9-8+. The Kier molecular flexibility index (Phi) is 5.55. The van der Waals surface area contributed by atoms with Gasteiger partial charge in [-0.25, -0.2) is 4.98 Å². The second-order valence-corrected chi connectivity index (χ2v) is 6.21. The second kappa shape index (κ2) is 7.42. The van der Waals surface area contributed by atoms with Crippen molar-refractivity contribution in [2.75, 3.05) is 5.32 Å². The number of anilines is 1. The molecule has 1 amide bonds. The molecule has 23 heavy (non-hydrogen) atoms. The molecule has 0 bridgehead atoms. The highest BCUT2D eigenvalue weighted by atomic mass is 35.5. The van der Waals surface area contributed by atoms with Crippen LogP contribution < -0.4 is 5.32 Å². The number of carbonyl (C=O) groups is 1. The molecule has 0 fully saturated rings. The number of pyridine rings is 1. The van der Waals surface area contributed by atoms with Gasteiger partial charge in [0.05, 0.1) is 5.69 Å². The molecular formula is C17H21ClN4O. The largest absolute Gasteiger partial charge is 0.307 e. The molecule has 1 N–H and O–H groups in total. The number of rotatable bonds is 5. The van der Waals surface area contributed by atoms with Crippen LogP contribution in [-0.4, -0.2) is 20.7 Å². The monoisotopic (exact) mass is 332 g/mol. The molecular weight excluding hydrogens is 312 g/mol. The van der Waals surface area contributed by atoms with Crippen LogP contribution in [0.15, 0.2) is 24.3 Å². The van der Waals surface area contributed by atoms with E-state index >= 15 is 0 Å². The third kappa shape index (κ3) is 4.66. The summed E-state index contributed by atoms with van der Waals surface area (Å²) in [7, 11) is 0. The smallest absolute Gasteiger partial charge is 0.249 e. The van der Waals surface area contributed by atoms with Gasteiger partial charge in [-0.3, -0.25) is 9.48 Å². The van der Waals surface area contributed by atoms with Crippen molar-refractivity contribution in [2.45, 2.75) is 34.2 Å². The Morgan fingerprint density at radius 2 is 2.13 bits per heavy atom. The first-order valence-corrected chi connectivity index (χ1v) is 7.90. The molecule has 2 heterocycles. The summed E-state index contributed by atoms with van der Waals surface area (Å²) in [4.78, 5) is 16.2. The van der Waals surface area contributed by atoms with E-state index in [9.17, 15) is 4.79 Å². The number of halogens is 1. The van der Waals surface area contributed by atoms with Crippen molar-refractivity contribution in [1.82, 2.24) is 14.8 Å². The lowest BCUT2D eigenvalue weighted by atomic mass is 10.2. The van der Waals surface area contributed by atoms with E-state index in [0.29, 0.717) is 16.9 Å². The van der Waals surface area contributed by atoms with Gasteiger partial charge in [-0.05, 0) is 38.0 Å². The summed E-state index contributed by atoms with van der Waals surface area (Å²) in [6.07, 6.45) is 3.13. The van der Waals surface area contributed by atoms with Crippen molar-refractivity contribution >= 4 is 29.4 Å². The molecule has 0 aromatic carbocycles. The normalized spacial score (nSPS) is 11.4. The third-order valence-electron chi connectivity index (χ3n) is 3.19. The molecule has 0 aliphatic rings. The van der Waals surface area contributed by atoms with Crippen LogP contribution in [0.2, 0.25) is 5.15 Å². The number of aryl methyl sites for hydroxylation is 2. The SMILES string of the molecule is Cc1cccc(NC(=O)/C=C/c2c(C)nn(CC(C)C)c2Cl)n1. The quantitative estimate of drug-likeness (QED) is 0.846. The topological polar surface area (TPSA) is 59.8 Å². The summed E-state index contributed by atoms with van der Waals surface area (Å²) in [5, 5.41) is 7.69. The number of aromatic nitrogens is 3. The number of hydrogen-bond donors (Lipinski definition) is 1. The number of hydrogen-bond acceptors (Lipinski definition) is 3. The lowest BCUT2D eigenvalue weighted by Gasteiger charge is -2.05. The maximum absolute atomic E-state index is 12.0. The molecule has 5 nitrogen and oxygen atoms in total. The van der Waals surface area contributed by atoms with Gasteiger partial charge in [0.1, 0.15) is 11.0 Å². The fourth-order valence-corrected chi connectivity index (χ4v) is 2.47. The lowest BCUT2D eigenvalue weighted by molar-refractivity contribution is -0.111. The van der Waals surface area contributed by atoms with Gasteiger partial charge in [0.25, 0.3) is 0 Å². The van der Waals surface area contributed by atoms with Crippen LogP contribution in [-0.2, 0) is 11.3 Å². The predicted octanol–water partition coefficient (Wildman–Crippen LogP) is 3.86. The number of nitrogens with zero attached hydrogens (tertiary/aromatic N) is 3. The molecule has 0 saturated carbocycles. The van der Waals surface area contributed by atoms with Crippen LogP contribution in [0.25, 0.3) is 6.08 Å². The number of carbonyl (C=O) groups excluding carboxylic acids is 1. The first-order chi connectivity index (χ1) is 10.9. The Balaban J connectivity index is 2.10. The van der Waals surface area contributed by atoms with Gasteiger partial charge >= 0.3 is 0 Å². The van der Waals surface area contributed by atoms with Crippen molar-refractivity contribution in [3.8, 4) is 0 Å². The van der Waals surface area contributed by atoms with Crippen LogP contribution in [0.5, 0.6) is 0 Å². The van der Waals surface area contributed by atoms with Crippen molar-refractivity contribution < 1.29 is 4.79 Å². The minimum absolute atomic E-state index is 0.254. The summed E-state index contributed by atoms with van der Waals surface area (Å²) in [5.41, 5.74) is 2.41. The van der Waals surface area contributed by atoms with Gasteiger partial charge in [0.2, 0.25) is 5.91 Å². The van der Waals surface area contributed by atoms with Gasteiger partial charge in [0.15, 0.2) is 0 Å². The second-order valence-electron chi connectivity index (χ2n) is 5.85. The van der Waals surface area contributed by atoms with Gasteiger partial charge in [-0.1, -0.05) is 31.5 Å². The zero-order chi connectivity index (χ0) is 17.0. The van der Waals surface area contributed by atoms with Crippen LogP contribution in [0.4, 0.5) is 5.82 Å². The highest BCUT2D eigenvalue weighted by Crippen LogP contribution is 2.22. The Morgan fingerprint density at radius 1 is 1.39 bits per heavy atom. The Morgan fingerprint density at radius 3 is 2.78 bits per heavy atom. The van der Waals surface area contributed by atoms with Crippen molar-refractivity contribution in [2.24, 2.45) is 5.92 Å². The van der Waals surface area contributed by atoms with E-state index < -0.39 is 0 Å². The minimum atomic E-state index is -0.254. The molecule has 0 spiro atoms. The third-order valence-corrected chi connectivity index (χ3v) is 3.59. The van der Waals surface area contributed by atoms with E-state index in [1.807, 2.05) is 26.0 Å². The fraction of sp³-hybridized carbons (Fsp3) is 0.353. The number of nitrogens with one attached hydrogen (secondary N) is 1. The first kappa shape index (κ1) is 17.2. The Labute approximate surface area is 141 Å². The Bertz CT molecular complexity index is 734. The molecule has 0 atom stereocenters. The van der Waals surface area contributed by atoms with E-state index in [2.05, 4.69) is 29.2 Å². The molecule has 0 aliphatic carbocycles. The molecule has 0 unspecified atom stereocenters. The van der Waals surface area contributed by atoms with E-state index in [0.717, 1.165) is 23.5 Å². The maximum Gasteiger partial charge on any atom is 0.249 e. The van der Waals surface area contributed by atoms with Crippen molar-refractivity contribution in [3.63, 3.8) is 0 Å². The fourth-order valence-electron chi connectivity index (χ4n) is 2.16. The van der Waals surface area contributed by atoms with Crippen LogP contribution >= 0.6 is 11.6 Å². The average Bonchev–Trinajstić information content (AvgIpc) is 2.70. The summed E-state index contributed by atoms with van der Waals surface area (Å²) >= 11 is 6.34. The van der Waals surface area contributed by atoms with Crippen LogP contribution in [0.3, 0.4) is 0 Å². The summed E-state index contributed by atoms with van der Waals surface area (Å²) in [6.45, 7) is 8.70. The zero-order valence-electron chi connectivity index (χ0n) is 13.8. The molecule has 2 aromatic heterocycles. The number of amides is 1. The van der Waals surface area contributed by atoms with E-state index in [1.54, 1.807) is 16.8 Å². The van der Waals surface area contributed by atoms with E-state index in [1.165, 1.54) is 6.08 Å². The molecule has 2 rings (SSSR count). The summed E-state index contributed by atoms with van der Waals surface area (Å²) in [6, 6.07) is 5.47. The molecule has 0 saturated heterocycles. The van der Waals surface area contributed by atoms with Crippen LogP contribution in [0.1, 0.15) is 30.8 Å². The summed E-state index contributed by atoms with van der Waals surface area (Å²) in [5.74, 6) is 0.715. The van der Waals surface area contributed by atoms with Crippen LogP contribution in [0, 0.1) is 19.8 Å². The Hall–Kier alpha value is -2.14. The lowest BCUT2D eigenvalue weighted by Crippen LogP contribution is -2.09. The van der Waals surface area contributed by atoms with Gasteiger partial charge < -0.3 is 5.32 Å². The van der Waals surface area contributed by atoms with Gasteiger partial charge in [-0.2, -0.15) is 5.10 Å². The summed E-state index contributed by atoms with van der Waals surface area (Å²) < 4.78 is 1.77. The minimum Gasteiger partial charge on any atom is -0.307 e. The average molecular weight is 333 g/mol. The van der Waals surface area contributed by atoms with Gasteiger partial charge in [-0.15, -0.1) is 0 Å². The molecule has 122 valence electrons. The van der Waals surface area contributed by atoms with Crippen molar-refractivity contribution in [1.29, 1.82) is 0 Å². The molecule has 0 radical (unpaired) electrons. The van der Waals surface area contributed by atoms with E-state index in [-0.39, 0.29) is 5.91 Å². The highest BCUT2D eigenvalue weighted by molar-refractivity contribution is 6.31. The molecule has 6 heteroatoms. The maximum atomic E-state index is 12.0. The molecule has 2 aromatic rings. The predicted molar refractivity (Wildman–Crippen MR) is 93.4 cm³/mol.